The zero-order chi connectivity index (χ0) is 13.7. The van der Waals surface area contributed by atoms with E-state index in [1.54, 1.807) is 19.1 Å². The van der Waals surface area contributed by atoms with Crippen LogP contribution in [0.5, 0.6) is 0 Å². The van der Waals surface area contributed by atoms with Crippen LogP contribution in [0, 0.1) is 10.1 Å². The second-order valence-corrected chi connectivity index (χ2v) is 3.61. The first kappa shape index (κ1) is 13.8. The molecule has 6 heteroatoms. The Morgan fingerprint density at radius 1 is 1.33 bits per heavy atom. The number of hydrogen-bond acceptors (Lipinski definition) is 5. The van der Waals surface area contributed by atoms with Gasteiger partial charge in [-0.15, -0.1) is 0 Å². The number of nitrogens with zero attached hydrogens (tertiary/aromatic N) is 1. The van der Waals surface area contributed by atoms with E-state index in [2.05, 4.69) is 4.74 Å². The Hall–Kier alpha value is -2.24. The molecular weight excluding hydrogens is 238 g/mol. The lowest BCUT2D eigenvalue weighted by Crippen LogP contribution is -2.30. The fourth-order valence-electron chi connectivity index (χ4n) is 1.60. The van der Waals surface area contributed by atoms with Crippen molar-refractivity contribution in [3.05, 3.63) is 45.5 Å². The summed E-state index contributed by atoms with van der Waals surface area (Å²) < 4.78 is 4.54. The third kappa shape index (κ3) is 2.71. The summed E-state index contributed by atoms with van der Waals surface area (Å²) in [7, 11) is 1.19. The van der Waals surface area contributed by atoms with Gasteiger partial charge in [0.1, 0.15) is 0 Å². The van der Waals surface area contributed by atoms with Gasteiger partial charge in [-0.05, 0) is 6.07 Å². The molecule has 1 rings (SSSR count). The van der Waals surface area contributed by atoms with Gasteiger partial charge < -0.3 is 4.74 Å². The number of carbonyl (C=O) groups is 2. The van der Waals surface area contributed by atoms with Gasteiger partial charge >= 0.3 is 5.97 Å². The summed E-state index contributed by atoms with van der Waals surface area (Å²) in [5.41, 5.74) is 0.0678. The van der Waals surface area contributed by atoms with Crippen molar-refractivity contribution in [2.45, 2.75) is 19.4 Å². The van der Waals surface area contributed by atoms with Gasteiger partial charge in [0, 0.05) is 16.9 Å². The molecular formula is C12H13NO5. The van der Waals surface area contributed by atoms with Gasteiger partial charge in [-0.3, -0.25) is 14.9 Å². The SMILES string of the molecule is CCC(C(=O)c1ccccc1C(=O)OC)[N+](=O)[O-]. The summed E-state index contributed by atoms with van der Waals surface area (Å²) >= 11 is 0. The van der Waals surface area contributed by atoms with Crippen LogP contribution in [0.25, 0.3) is 0 Å². The molecule has 6 nitrogen and oxygen atoms in total. The number of ether oxygens (including phenoxy) is 1. The van der Waals surface area contributed by atoms with E-state index >= 15 is 0 Å². The summed E-state index contributed by atoms with van der Waals surface area (Å²) in [6.07, 6.45) is 0.0708. The van der Waals surface area contributed by atoms with Crippen LogP contribution >= 0.6 is 0 Å². The minimum absolute atomic E-state index is 0.0212. The standard InChI is InChI=1S/C12H13NO5/c1-3-10(13(16)17)11(14)8-6-4-5-7-9(8)12(15)18-2/h4-7,10H,3H2,1-2H3. The van der Waals surface area contributed by atoms with Crippen LogP contribution in [-0.2, 0) is 4.74 Å². The molecule has 0 heterocycles. The molecule has 0 saturated heterocycles. The van der Waals surface area contributed by atoms with E-state index in [9.17, 15) is 19.7 Å². The Labute approximate surface area is 104 Å². The highest BCUT2D eigenvalue weighted by Crippen LogP contribution is 2.15. The highest BCUT2D eigenvalue weighted by atomic mass is 16.6. The van der Waals surface area contributed by atoms with Crippen molar-refractivity contribution < 1.29 is 19.2 Å². The molecule has 0 aromatic heterocycles. The molecule has 0 aliphatic rings. The average molecular weight is 251 g/mol. The van der Waals surface area contributed by atoms with Gasteiger partial charge in [0.25, 0.3) is 6.04 Å². The summed E-state index contributed by atoms with van der Waals surface area (Å²) in [6.45, 7) is 1.55. The van der Waals surface area contributed by atoms with Crippen molar-refractivity contribution >= 4 is 11.8 Å². The third-order valence-corrected chi connectivity index (χ3v) is 2.54. The molecule has 0 radical (unpaired) electrons. The van der Waals surface area contributed by atoms with E-state index < -0.39 is 22.7 Å². The van der Waals surface area contributed by atoms with Gasteiger partial charge in [0.15, 0.2) is 0 Å². The monoisotopic (exact) mass is 251 g/mol. The van der Waals surface area contributed by atoms with Crippen molar-refractivity contribution in [1.29, 1.82) is 0 Å². The number of nitro groups is 1. The molecule has 96 valence electrons. The predicted molar refractivity (Wildman–Crippen MR) is 63.2 cm³/mol. The van der Waals surface area contributed by atoms with Gasteiger partial charge in [-0.25, -0.2) is 4.79 Å². The number of Topliss-reactive ketones (excluding diaryl/α,β-unsaturated/α-hetero) is 1. The molecule has 0 aliphatic carbocycles. The number of ketones is 1. The van der Waals surface area contributed by atoms with E-state index in [4.69, 9.17) is 0 Å². The lowest BCUT2D eigenvalue weighted by atomic mass is 9.98. The molecule has 0 spiro atoms. The number of methoxy groups -OCH3 is 1. The summed E-state index contributed by atoms with van der Waals surface area (Å²) in [6, 6.07) is 4.57. The van der Waals surface area contributed by atoms with Crippen molar-refractivity contribution in [3.63, 3.8) is 0 Å². The topological polar surface area (TPSA) is 86.5 Å². The molecule has 0 N–H and O–H groups in total. The molecule has 1 aromatic carbocycles. The van der Waals surface area contributed by atoms with Crippen LogP contribution < -0.4 is 0 Å². The molecule has 0 amide bonds. The van der Waals surface area contributed by atoms with Crippen LogP contribution in [0.15, 0.2) is 24.3 Å². The number of hydrogen-bond donors (Lipinski definition) is 0. The molecule has 0 fully saturated rings. The van der Waals surface area contributed by atoms with Crippen LogP contribution in [-0.4, -0.2) is 29.8 Å². The van der Waals surface area contributed by atoms with Crippen LogP contribution in [0.2, 0.25) is 0 Å². The van der Waals surface area contributed by atoms with Gasteiger partial charge in [0.05, 0.1) is 12.7 Å². The largest absolute Gasteiger partial charge is 0.465 e. The van der Waals surface area contributed by atoms with Crippen LogP contribution in [0.1, 0.15) is 34.1 Å². The molecule has 1 aromatic rings. The van der Waals surface area contributed by atoms with Crippen molar-refractivity contribution in [1.82, 2.24) is 0 Å². The van der Waals surface area contributed by atoms with E-state index in [1.807, 2.05) is 0 Å². The molecule has 1 unspecified atom stereocenters. The first-order valence-corrected chi connectivity index (χ1v) is 5.38. The minimum Gasteiger partial charge on any atom is -0.465 e. The highest BCUT2D eigenvalue weighted by molar-refractivity contribution is 6.08. The van der Waals surface area contributed by atoms with Crippen molar-refractivity contribution in [2.75, 3.05) is 7.11 Å². The fourth-order valence-corrected chi connectivity index (χ4v) is 1.60. The molecule has 18 heavy (non-hydrogen) atoms. The summed E-state index contributed by atoms with van der Waals surface area (Å²) in [4.78, 5) is 33.6. The van der Waals surface area contributed by atoms with Gasteiger partial charge in [0.2, 0.25) is 5.78 Å². The predicted octanol–water partition coefficient (Wildman–Crippen LogP) is 1.71. The van der Waals surface area contributed by atoms with E-state index in [-0.39, 0.29) is 17.5 Å². The maximum Gasteiger partial charge on any atom is 0.338 e. The lowest BCUT2D eigenvalue weighted by molar-refractivity contribution is -0.505. The lowest BCUT2D eigenvalue weighted by Gasteiger charge is -2.09. The second kappa shape index (κ2) is 5.90. The number of esters is 1. The molecule has 1 atom stereocenters. The van der Waals surface area contributed by atoms with E-state index in [1.165, 1.54) is 19.2 Å². The Balaban J connectivity index is 3.20. The molecule has 0 bridgehead atoms. The first-order chi connectivity index (χ1) is 8.52. The Kier molecular flexibility index (Phi) is 4.53. The van der Waals surface area contributed by atoms with Crippen molar-refractivity contribution in [2.24, 2.45) is 0 Å². The van der Waals surface area contributed by atoms with Gasteiger partial charge in [-0.2, -0.15) is 0 Å². The van der Waals surface area contributed by atoms with E-state index in [0.29, 0.717) is 0 Å². The summed E-state index contributed by atoms with van der Waals surface area (Å²) in [5, 5.41) is 10.8. The average Bonchev–Trinajstić information content (AvgIpc) is 2.38. The molecule has 0 aliphatic heterocycles. The maximum absolute atomic E-state index is 12.0. The highest BCUT2D eigenvalue weighted by Gasteiger charge is 2.31. The van der Waals surface area contributed by atoms with E-state index in [0.717, 1.165) is 0 Å². The molecule has 0 saturated carbocycles. The Morgan fingerprint density at radius 3 is 2.33 bits per heavy atom. The number of rotatable bonds is 5. The summed E-state index contributed by atoms with van der Waals surface area (Å²) in [5.74, 6) is -1.36. The quantitative estimate of drug-likeness (QED) is 0.344. The fraction of sp³-hybridized carbons (Fsp3) is 0.333. The third-order valence-electron chi connectivity index (χ3n) is 2.54. The Bertz CT molecular complexity index is 483. The minimum atomic E-state index is -1.34. The van der Waals surface area contributed by atoms with Crippen molar-refractivity contribution in [3.8, 4) is 0 Å². The smallest absolute Gasteiger partial charge is 0.338 e. The normalized spacial score (nSPS) is 11.7. The Morgan fingerprint density at radius 2 is 1.89 bits per heavy atom. The van der Waals surface area contributed by atoms with Crippen LogP contribution in [0.4, 0.5) is 0 Å². The zero-order valence-electron chi connectivity index (χ0n) is 10.1. The first-order valence-electron chi connectivity index (χ1n) is 5.38. The van der Waals surface area contributed by atoms with Gasteiger partial charge in [-0.1, -0.05) is 25.1 Å². The van der Waals surface area contributed by atoms with Crippen LogP contribution in [0.3, 0.4) is 0 Å². The second-order valence-electron chi connectivity index (χ2n) is 3.61. The number of carbonyl (C=O) groups excluding carboxylic acids is 2. The zero-order valence-corrected chi connectivity index (χ0v) is 10.1. The number of benzene rings is 1. The maximum atomic E-state index is 12.0.